The van der Waals surface area contributed by atoms with Crippen molar-refractivity contribution in [2.24, 2.45) is 5.73 Å². The third kappa shape index (κ3) is 9.97. The van der Waals surface area contributed by atoms with E-state index in [1.807, 2.05) is 78.9 Å². The lowest BCUT2D eigenvalue weighted by molar-refractivity contribution is -0.141. The number of amides is 3. The van der Waals surface area contributed by atoms with Crippen LogP contribution in [0.3, 0.4) is 0 Å². The molecule has 0 fully saturated rings. The Kier molecular flexibility index (Phi) is 12.9. The second kappa shape index (κ2) is 17.9. The molecule has 254 valence electrons. The van der Waals surface area contributed by atoms with Crippen molar-refractivity contribution in [3.05, 3.63) is 143 Å². The van der Waals surface area contributed by atoms with Crippen LogP contribution in [-0.4, -0.2) is 53.6 Å². The Morgan fingerprint density at radius 2 is 1.29 bits per heavy atom. The fourth-order valence-corrected chi connectivity index (χ4v) is 6.41. The summed E-state index contributed by atoms with van der Waals surface area (Å²) in [7, 11) is 0. The van der Waals surface area contributed by atoms with Gasteiger partial charge in [0.25, 0.3) is 0 Å². The molecular weight excluding hydrogens is 612 g/mol. The van der Waals surface area contributed by atoms with Crippen molar-refractivity contribution in [1.29, 1.82) is 0 Å². The van der Waals surface area contributed by atoms with Crippen LogP contribution in [0.25, 0.3) is 0 Å². The monoisotopic (exact) mass is 658 g/mol. The first-order valence-electron chi connectivity index (χ1n) is 17.3. The molecule has 1 heterocycles. The molecule has 49 heavy (non-hydrogen) atoms. The molecule has 2 atom stereocenters. The van der Waals surface area contributed by atoms with E-state index in [2.05, 4.69) is 34.9 Å². The van der Waals surface area contributed by atoms with Crippen molar-refractivity contribution >= 4 is 23.5 Å². The molecule has 0 aromatic heterocycles. The van der Waals surface area contributed by atoms with Crippen LogP contribution >= 0.6 is 0 Å². The SMILES string of the molecule is N[C@@H](CCCCNC(=O)[C@@H]1Cc2ccccc2CN1C(=O)CCCC(=O)c1ccccc1)C(=O)NCC(c1ccccc1)c1ccccc1. The fraction of sp³-hybridized carbons (Fsp3) is 0.317. The van der Waals surface area contributed by atoms with Crippen LogP contribution in [0.2, 0.25) is 0 Å². The van der Waals surface area contributed by atoms with E-state index in [1.165, 1.54) is 0 Å². The molecule has 0 unspecified atom stereocenters. The summed E-state index contributed by atoms with van der Waals surface area (Å²) in [6.45, 7) is 1.22. The maximum Gasteiger partial charge on any atom is 0.243 e. The first kappa shape index (κ1) is 35.2. The third-order valence-electron chi connectivity index (χ3n) is 9.22. The largest absolute Gasteiger partial charge is 0.354 e. The van der Waals surface area contributed by atoms with Gasteiger partial charge < -0.3 is 21.3 Å². The van der Waals surface area contributed by atoms with Crippen molar-refractivity contribution in [1.82, 2.24) is 15.5 Å². The van der Waals surface area contributed by atoms with Gasteiger partial charge in [0.05, 0.1) is 6.04 Å². The minimum absolute atomic E-state index is 0.00689. The lowest BCUT2D eigenvalue weighted by Gasteiger charge is -2.36. The van der Waals surface area contributed by atoms with E-state index < -0.39 is 12.1 Å². The van der Waals surface area contributed by atoms with E-state index in [9.17, 15) is 19.2 Å². The number of nitrogens with two attached hydrogens (primary N) is 1. The van der Waals surface area contributed by atoms with Gasteiger partial charge >= 0.3 is 0 Å². The van der Waals surface area contributed by atoms with Gasteiger partial charge in [-0.25, -0.2) is 0 Å². The van der Waals surface area contributed by atoms with Crippen LogP contribution in [0.4, 0.5) is 0 Å². The van der Waals surface area contributed by atoms with Crippen LogP contribution in [-0.2, 0) is 27.3 Å². The summed E-state index contributed by atoms with van der Waals surface area (Å²) in [5, 5.41) is 6.06. The van der Waals surface area contributed by atoms with Crippen LogP contribution in [0.1, 0.15) is 77.1 Å². The molecule has 4 aromatic carbocycles. The predicted octanol–water partition coefficient (Wildman–Crippen LogP) is 5.56. The minimum atomic E-state index is -0.653. The molecule has 0 spiro atoms. The summed E-state index contributed by atoms with van der Waals surface area (Å²) in [6.07, 6.45) is 3.15. The average Bonchev–Trinajstić information content (AvgIpc) is 3.15. The highest BCUT2D eigenvalue weighted by atomic mass is 16.2. The summed E-state index contributed by atoms with van der Waals surface area (Å²) in [4.78, 5) is 53.9. The average molecular weight is 659 g/mol. The molecule has 8 heteroatoms. The van der Waals surface area contributed by atoms with Crippen molar-refractivity contribution < 1.29 is 19.2 Å². The number of fused-ring (bicyclic) bond motifs is 1. The van der Waals surface area contributed by atoms with Gasteiger partial charge in [0.2, 0.25) is 17.7 Å². The van der Waals surface area contributed by atoms with Gasteiger partial charge in [0.15, 0.2) is 5.78 Å². The molecule has 3 amide bonds. The lowest BCUT2D eigenvalue weighted by Crippen LogP contribution is -2.52. The molecular formula is C41H46N4O4. The van der Waals surface area contributed by atoms with Gasteiger partial charge in [-0.05, 0) is 47.9 Å². The zero-order valence-electron chi connectivity index (χ0n) is 27.9. The molecule has 1 aliphatic rings. The Hall–Kier alpha value is -5.08. The number of nitrogens with one attached hydrogen (secondary N) is 2. The van der Waals surface area contributed by atoms with Crippen molar-refractivity contribution in [3.63, 3.8) is 0 Å². The fourth-order valence-electron chi connectivity index (χ4n) is 6.41. The number of Topliss-reactive ketones (excluding diaryl/α,β-unsaturated/α-hetero) is 1. The van der Waals surface area contributed by atoms with Crippen molar-refractivity contribution in [3.8, 4) is 0 Å². The second-order valence-electron chi connectivity index (χ2n) is 12.7. The number of rotatable bonds is 16. The first-order valence-corrected chi connectivity index (χ1v) is 17.3. The second-order valence-corrected chi connectivity index (χ2v) is 12.7. The van der Waals surface area contributed by atoms with E-state index in [1.54, 1.807) is 17.0 Å². The van der Waals surface area contributed by atoms with Gasteiger partial charge in [0, 0.05) is 50.4 Å². The van der Waals surface area contributed by atoms with Gasteiger partial charge in [-0.1, -0.05) is 115 Å². The molecule has 0 radical (unpaired) electrons. The predicted molar refractivity (Wildman–Crippen MR) is 192 cm³/mol. The molecule has 5 rings (SSSR count). The molecule has 8 nitrogen and oxygen atoms in total. The summed E-state index contributed by atoms with van der Waals surface area (Å²) in [6, 6.07) is 35.9. The number of benzene rings is 4. The van der Waals surface area contributed by atoms with Crippen LogP contribution < -0.4 is 16.4 Å². The van der Waals surface area contributed by atoms with E-state index in [0.717, 1.165) is 22.3 Å². The topological polar surface area (TPSA) is 122 Å². The normalized spacial score (nSPS) is 14.5. The number of ketones is 1. The number of hydrogen-bond acceptors (Lipinski definition) is 5. The number of nitrogens with zero attached hydrogens (tertiary/aromatic N) is 1. The van der Waals surface area contributed by atoms with Crippen molar-refractivity contribution in [2.75, 3.05) is 13.1 Å². The molecule has 0 saturated heterocycles. The standard InChI is InChI=1S/C41H46N4O4/c42-36(40(48)44-28-35(30-15-4-1-5-16-30)31-17-6-2-7-18-31)23-12-13-26-43-41(49)37-27-33-21-10-11-22-34(33)29-45(37)39(47)25-14-24-38(46)32-19-8-3-9-20-32/h1-11,15-22,35-37H,12-14,23-29,42H2,(H,43,49)(H,44,48)/t36-,37-/m0/s1. The third-order valence-corrected chi connectivity index (χ3v) is 9.22. The summed E-state index contributed by atoms with van der Waals surface area (Å²) in [5.74, 6) is -0.495. The zero-order valence-corrected chi connectivity index (χ0v) is 27.9. The first-order chi connectivity index (χ1) is 23.9. The molecule has 1 aliphatic heterocycles. The Morgan fingerprint density at radius 3 is 1.94 bits per heavy atom. The van der Waals surface area contributed by atoms with Crippen LogP contribution in [0.15, 0.2) is 115 Å². The smallest absolute Gasteiger partial charge is 0.243 e. The highest BCUT2D eigenvalue weighted by Crippen LogP contribution is 2.26. The molecule has 0 saturated carbocycles. The van der Waals surface area contributed by atoms with E-state index >= 15 is 0 Å². The summed E-state index contributed by atoms with van der Waals surface area (Å²) < 4.78 is 0. The van der Waals surface area contributed by atoms with Gasteiger partial charge in [0.1, 0.15) is 6.04 Å². The highest BCUT2D eigenvalue weighted by molar-refractivity contribution is 5.96. The molecule has 0 aliphatic carbocycles. The van der Waals surface area contributed by atoms with Crippen molar-refractivity contribution in [2.45, 2.75) is 69.5 Å². The van der Waals surface area contributed by atoms with Gasteiger partial charge in [-0.3, -0.25) is 19.2 Å². The maximum absolute atomic E-state index is 13.4. The lowest BCUT2D eigenvalue weighted by atomic mass is 9.91. The Balaban J connectivity index is 1.07. The quantitative estimate of drug-likeness (QED) is 0.108. The van der Waals surface area contributed by atoms with Gasteiger partial charge in [-0.15, -0.1) is 0 Å². The number of hydrogen-bond donors (Lipinski definition) is 3. The Bertz CT molecular complexity index is 1640. The molecule has 4 N–H and O–H groups in total. The molecule has 4 aromatic rings. The summed E-state index contributed by atoms with van der Waals surface area (Å²) in [5.41, 5.74) is 11.2. The number of unbranched alkanes of at least 4 members (excludes halogenated alkanes) is 1. The number of carbonyl (C=O) groups excluding carboxylic acids is 4. The van der Waals surface area contributed by atoms with E-state index in [-0.39, 0.29) is 42.3 Å². The Labute approximate surface area is 289 Å². The minimum Gasteiger partial charge on any atom is -0.354 e. The molecule has 0 bridgehead atoms. The van der Waals surface area contributed by atoms with E-state index in [0.29, 0.717) is 57.3 Å². The van der Waals surface area contributed by atoms with Gasteiger partial charge in [-0.2, -0.15) is 0 Å². The van der Waals surface area contributed by atoms with Crippen LogP contribution in [0.5, 0.6) is 0 Å². The summed E-state index contributed by atoms with van der Waals surface area (Å²) >= 11 is 0. The zero-order chi connectivity index (χ0) is 34.4. The van der Waals surface area contributed by atoms with E-state index in [4.69, 9.17) is 5.73 Å². The van der Waals surface area contributed by atoms with Crippen LogP contribution in [0, 0.1) is 0 Å². The number of carbonyl (C=O) groups is 4. The maximum atomic E-state index is 13.4. The Morgan fingerprint density at radius 1 is 0.694 bits per heavy atom. The highest BCUT2D eigenvalue weighted by Gasteiger charge is 2.34.